The molecule has 1 fully saturated rings. The first-order valence-electron chi connectivity index (χ1n) is 13.5. The molecule has 8 nitrogen and oxygen atoms in total. The molecule has 0 aliphatic carbocycles. The Morgan fingerprint density at radius 3 is 2.40 bits per heavy atom. The number of anilines is 1. The van der Waals surface area contributed by atoms with E-state index in [1.807, 2.05) is 65.2 Å². The number of amides is 1. The van der Waals surface area contributed by atoms with Crippen LogP contribution in [0.25, 0.3) is 17.1 Å². The van der Waals surface area contributed by atoms with Crippen molar-refractivity contribution in [3.63, 3.8) is 0 Å². The fourth-order valence-electron chi connectivity index (χ4n) is 4.69. The van der Waals surface area contributed by atoms with E-state index >= 15 is 0 Å². The Kier molecular flexibility index (Phi) is 8.68. The van der Waals surface area contributed by atoms with Gasteiger partial charge in [0, 0.05) is 30.0 Å². The second-order valence-electron chi connectivity index (χ2n) is 9.88. The van der Waals surface area contributed by atoms with Crippen LogP contribution in [0.4, 0.5) is 5.69 Å². The highest BCUT2D eigenvalue weighted by atomic mass is 32.2. The number of rotatable bonds is 10. The molecule has 4 aromatic rings. The van der Waals surface area contributed by atoms with Crippen LogP contribution in [0.3, 0.4) is 0 Å². The smallest absolute Gasteiger partial charge is 0.243 e. The number of nitrogens with zero attached hydrogens (tertiary/aromatic N) is 4. The van der Waals surface area contributed by atoms with Gasteiger partial charge in [-0.15, -0.1) is 10.2 Å². The first kappa shape index (κ1) is 28.1. The van der Waals surface area contributed by atoms with Gasteiger partial charge >= 0.3 is 0 Å². The van der Waals surface area contributed by atoms with Crippen molar-refractivity contribution in [1.82, 2.24) is 19.1 Å². The van der Waals surface area contributed by atoms with Gasteiger partial charge in [0.05, 0.1) is 10.6 Å². The molecule has 1 aliphatic rings. The summed E-state index contributed by atoms with van der Waals surface area (Å²) in [7, 11) is -3.58. The van der Waals surface area contributed by atoms with E-state index in [1.165, 1.54) is 21.6 Å². The molecular weight excluding hydrogens is 542 g/mol. The quantitative estimate of drug-likeness (QED) is 0.234. The van der Waals surface area contributed by atoms with E-state index in [-0.39, 0.29) is 16.6 Å². The average molecular weight is 576 g/mol. The zero-order chi connectivity index (χ0) is 28.1. The summed E-state index contributed by atoms with van der Waals surface area (Å²) in [6.45, 7) is 5.42. The fraction of sp³-hybridized carbons (Fsp3) is 0.300. The van der Waals surface area contributed by atoms with Crippen LogP contribution in [0, 0.1) is 0 Å². The van der Waals surface area contributed by atoms with Crippen LogP contribution in [0.2, 0.25) is 0 Å². The summed E-state index contributed by atoms with van der Waals surface area (Å²) < 4.78 is 29.8. The zero-order valence-corrected chi connectivity index (χ0v) is 24.3. The molecule has 1 amide bonds. The predicted octanol–water partition coefficient (Wildman–Crippen LogP) is 5.96. The van der Waals surface area contributed by atoms with Gasteiger partial charge in [0.1, 0.15) is 0 Å². The summed E-state index contributed by atoms with van der Waals surface area (Å²) >= 11 is 1.28. The first-order valence-corrected chi connectivity index (χ1v) is 15.9. The van der Waals surface area contributed by atoms with Crippen molar-refractivity contribution >= 4 is 33.4 Å². The number of hydrogen-bond acceptors (Lipinski definition) is 6. The third-order valence-electron chi connectivity index (χ3n) is 7.15. The lowest BCUT2D eigenvalue weighted by Gasteiger charge is -2.16. The van der Waals surface area contributed by atoms with Crippen molar-refractivity contribution in [1.29, 1.82) is 0 Å². The minimum Gasteiger partial charge on any atom is -0.325 e. The van der Waals surface area contributed by atoms with Crippen molar-refractivity contribution in [3.05, 3.63) is 84.4 Å². The summed E-state index contributed by atoms with van der Waals surface area (Å²) in [5, 5.41) is 12.3. The van der Waals surface area contributed by atoms with Gasteiger partial charge < -0.3 is 5.32 Å². The van der Waals surface area contributed by atoms with Gasteiger partial charge in [0.15, 0.2) is 11.0 Å². The molecule has 3 aromatic carbocycles. The molecule has 1 atom stereocenters. The second-order valence-corrected chi connectivity index (χ2v) is 12.8. The van der Waals surface area contributed by atoms with Crippen LogP contribution in [0.1, 0.15) is 44.6 Å². The van der Waals surface area contributed by atoms with E-state index in [0.29, 0.717) is 35.6 Å². The van der Waals surface area contributed by atoms with Crippen LogP contribution >= 0.6 is 11.8 Å². The summed E-state index contributed by atoms with van der Waals surface area (Å²) in [4.78, 5) is 13.0. The highest BCUT2D eigenvalue weighted by Gasteiger charge is 2.28. The molecule has 208 valence electrons. The highest BCUT2D eigenvalue weighted by molar-refractivity contribution is 7.99. The monoisotopic (exact) mass is 575 g/mol. The Bertz CT molecular complexity index is 1560. The van der Waals surface area contributed by atoms with E-state index in [1.54, 1.807) is 18.2 Å². The lowest BCUT2D eigenvalue weighted by Crippen LogP contribution is -2.27. The van der Waals surface area contributed by atoms with E-state index in [0.717, 1.165) is 30.6 Å². The molecule has 1 unspecified atom stereocenters. The summed E-state index contributed by atoms with van der Waals surface area (Å²) in [6, 6.07) is 24.4. The third-order valence-corrected chi connectivity index (χ3v) is 9.97. The maximum atomic E-state index is 13.2. The lowest BCUT2D eigenvalue weighted by molar-refractivity contribution is -0.113. The standard InChI is InChI=1S/C30H33N5O3S2/c1-3-22(2)23-14-16-25(17-15-23)31-28(36)21-39-30-33-32-29(35(30)26-11-5-4-6-12-26)24-10-9-13-27(20-24)40(37,38)34-18-7-8-19-34/h4-6,9-17,20,22H,3,7-8,18-19,21H2,1-2H3,(H,31,36). The summed E-state index contributed by atoms with van der Waals surface area (Å²) in [5.41, 5.74) is 3.45. The molecule has 1 aliphatic heterocycles. The molecule has 5 rings (SSSR count). The number of aromatic nitrogens is 3. The summed E-state index contributed by atoms with van der Waals surface area (Å²) in [5.74, 6) is 0.971. The van der Waals surface area contributed by atoms with Crippen molar-refractivity contribution in [3.8, 4) is 17.1 Å². The number of benzene rings is 3. The predicted molar refractivity (Wildman–Crippen MR) is 159 cm³/mol. The molecule has 2 heterocycles. The number of para-hydroxylation sites is 1. The van der Waals surface area contributed by atoms with Crippen LogP contribution in [0.5, 0.6) is 0 Å². The Morgan fingerprint density at radius 2 is 1.70 bits per heavy atom. The molecule has 0 bridgehead atoms. The average Bonchev–Trinajstić information content (AvgIpc) is 3.68. The third kappa shape index (κ3) is 6.14. The van der Waals surface area contributed by atoms with E-state index < -0.39 is 10.0 Å². The van der Waals surface area contributed by atoms with Gasteiger partial charge in [0.2, 0.25) is 15.9 Å². The minimum atomic E-state index is -3.58. The fourth-order valence-corrected chi connectivity index (χ4v) is 7.01. The Balaban J connectivity index is 1.38. The topological polar surface area (TPSA) is 97.2 Å². The Morgan fingerprint density at radius 1 is 0.975 bits per heavy atom. The van der Waals surface area contributed by atoms with Crippen LogP contribution < -0.4 is 5.32 Å². The number of carbonyl (C=O) groups excluding carboxylic acids is 1. The molecule has 1 saturated heterocycles. The molecule has 10 heteroatoms. The van der Waals surface area contributed by atoms with E-state index in [4.69, 9.17) is 0 Å². The Hall–Kier alpha value is -3.47. The van der Waals surface area contributed by atoms with Crippen molar-refractivity contribution < 1.29 is 13.2 Å². The van der Waals surface area contributed by atoms with Gasteiger partial charge in [0.25, 0.3) is 0 Å². The zero-order valence-electron chi connectivity index (χ0n) is 22.7. The van der Waals surface area contributed by atoms with Crippen molar-refractivity contribution in [2.75, 3.05) is 24.2 Å². The highest BCUT2D eigenvalue weighted by Crippen LogP contribution is 2.30. The molecule has 0 saturated carbocycles. The number of nitrogens with one attached hydrogen (secondary N) is 1. The Labute approximate surface area is 239 Å². The number of thioether (sulfide) groups is 1. The minimum absolute atomic E-state index is 0.140. The lowest BCUT2D eigenvalue weighted by atomic mass is 9.99. The second kappa shape index (κ2) is 12.4. The first-order chi connectivity index (χ1) is 19.4. The number of sulfonamides is 1. The van der Waals surface area contributed by atoms with E-state index in [9.17, 15) is 13.2 Å². The van der Waals surface area contributed by atoms with Crippen LogP contribution in [-0.4, -0.2) is 52.2 Å². The largest absolute Gasteiger partial charge is 0.325 e. The van der Waals surface area contributed by atoms with Gasteiger partial charge in [-0.05, 0) is 67.1 Å². The molecule has 40 heavy (non-hydrogen) atoms. The van der Waals surface area contributed by atoms with E-state index in [2.05, 4.69) is 29.4 Å². The summed E-state index contributed by atoms with van der Waals surface area (Å²) in [6.07, 6.45) is 2.81. The number of hydrogen-bond donors (Lipinski definition) is 1. The van der Waals surface area contributed by atoms with Gasteiger partial charge in [-0.3, -0.25) is 9.36 Å². The maximum absolute atomic E-state index is 13.2. The molecule has 1 aromatic heterocycles. The van der Waals surface area contributed by atoms with Crippen LogP contribution in [-0.2, 0) is 14.8 Å². The van der Waals surface area contributed by atoms with Gasteiger partial charge in [-0.1, -0.05) is 68.1 Å². The van der Waals surface area contributed by atoms with Gasteiger partial charge in [-0.25, -0.2) is 8.42 Å². The maximum Gasteiger partial charge on any atom is 0.243 e. The molecular formula is C30H33N5O3S2. The SMILES string of the molecule is CCC(C)c1ccc(NC(=O)CSc2nnc(-c3cccc(S(=O)(=O)N4CCCC4)c3)n2-c2ccccc2)cc1. The molecule has 1 N–H and O–H groups in total. The molecule has 0 spiro atoms. The van der Waals surface area contributed by atoms with Crippen molar-refractivity contribution in [2.45, 2.75) is 49.1 Å². The normalized spacial score (nSPS) is 14.8. The van der Waals surface area contributed by atoms with Crippen molar-refractivity contribution in [2.24, 2.45) is 0 Å². The van der Waals surface area contributed by atoms with Gasteiger partial charge in [-0.2, -0.15) is 4.31 Å². The number of carbonyl (C=O) groups is 1. The van der Waals surface area contributed by atoms with Crippen LogP contribution in [0.15, 0.2) is 88.9 Å². The molecule has 0 radical (unpaired) electrons.